The first kappa shape index (κ1) is 24.4. The van der Waals surface area contributed by atoms with Crippen LogP contribution in [-0.2, 0) is 27.3 Å². The molecule has 0 spiro atoms. The number of nitrogens with zero attached hydrogens (tertiary/aromatic N) is 1. The second-order valence-electron chi connectivity index (χ2n) is 7.37. The molecule has 0 aliphatic rings. The molecule has 0 saturated carbocycles. The molecule has 0 radical (unpaired) electrons. The van der Waals surface area contributed by atoms with Gasteiger partial charge in [0.2, 0.25) is 11.8 Å². The molecule has 2 aromatic rings. The van der Waals surface area contributed by atoms with Gasteiger partial charge in [-0.15, -0.1) is 0 Å². The van der Waals surface area contributed by atoms with Crippen molar-refractivity contribution in [3.63, 3.8) is 0 Å². The van der Waals surface area contributed by atoms with E-state index in [1.807, 2.05) is 61.5 Å². The molecule has 168 valence electrons. The molecular formula is C25H34N2O4. The molecule has 1 N–H and O–H groups in total. The number of aryl methyl sites for hydroxylation is 1. The van der Waals surface area contributed by atoms with Gasteiger partial charge in [-0.2, -0.15) is 0 Å². The molecule has 6 heteroatoms. The van der Waals surface area contributed by atoms with Crippen LogP contribution in [0.15, 0.2) is 54.6 Å². The van der Waals surface area contributed by atoms with Gasteiger partial charge in [0.1, 0.15) is 11.8 Å². The fourth-order valence-corrected chi connectivity index (χ4v) is 3.23. The highest BCUT2D eigenvalue weighted by Gasteiger charge is 2.25. The number of carbonyl (C=O) groups excluding carboxylic acids is 2. The zero-order chi connectivity index (χ0) is 22.5. The molecule has 2 amide bonds. The maximum absolute atomic E-state index is 13.1. The SMILES string of the molecule is CCOCCCNC(=O)[C@@H](C)N(Cc1ccc(OC)cc1)C(=O)CCc1ccccc1. The minimum absolute atomic E-state index is 0.0448. The lowest BCUT2D eigenvalue weighted by molar-refractivity contribution is -0.140. The van der Waals surface area contributed by atoms with Crippen LogP contribution in [0.25, 0.3) is 0 Å². The van der Waals surface area contributed by atoms with Gasteiger partial charge in [-0.05, 0) is 49.9 Å². The third-order valence-corrected chi connectivity index (χ3v) is 5.12. The van der Waals surface area contributed by atoms with E-state index >= 15 is 0 Å². The number of carbonyl (C=O) groups is 2. The topological polar surface area (TPSA) is 67.9 Å². The summed E-state index contributed by atoms with van der Waals surface area (Å²) in [6, 6.07) is 16.9. The van der Waals surface area contributed by atoms with Gasteiger partial charge in [-0.1, -0.05) is 42.5 Å². The standard InChI is InChI=1S/C25H34N2O4/c1-4-31-18-8-17-26-25(29)20(2)27(19-22-11-14-23(30-3)15-12-22)24(28)16-13-21-9-6-5-7-10-21/h5-7,9-12,14-15,20H,4,8,13,16-19H2,1-3H3,(H,26,29)/t20-/m1/s1. The van der Waals surface area contributed by atoms with Gasteiger partial charge < -0.3 is 19.7 Å². The molecule has 0 unspecified atom stereocenters. The number of rotatable bonds is 13. The fraction of sp³-hybridized carbons (Fsp3) is 0.440. The van der Waals surface area contributed by atoms with Gasteiger partial charge >= 0.3 is 0 Å². The second kappa shape index (κ2) is 13.4. The van der Waals surface area contributed by atoms with Crippen molar-refractivity contribution in [2.45, 2.75) is 45.7 Å². The molecule has 2 aromatic carbocycles. The van der Waals surface area contributed by atoms with Crippen molar-refractivity contribution in [2.24, 2.45) is 0 Å². The molecule has 0 saturated heterocycles. The molecule has 0 aliphatic heterocycles. The van der Waals surface area contributed by atoms with Gasteiger partial charge in [0.15, 0.2) is 0 Å². The number of benzene rings is 2. The molecule has 0 bridgehead atoms. The van der Waals surface area contributed by atoms with E-state index in [1.54, 1.807) is 18.9 Å². The number of ether oxygens (including phenoxy) is 2. The monoisotopic (exact) mass is 426 g/mol. The molecule has 0 aromatic heterocycles. The van der Waals surface area contributed by atoms with Crippen LogP contribution >= 0.6 is 0 Å². The Labute approximate surface area is 185 Å². The van der Waals surface area contributed by atoms with Crippen LogP contribution in [0.5, 0.6) is 5.75 Å². The summed E-state index contributed by atoms with van der Waals surface area (Å²) in [6.45, 7) is 5.89. The van der Waals surface area contributed by atoms with Crippen LogP contribution in [0.4, 0.5) is 0 Å². The van der Waals surface area contributed by atoms with E-state index in [2.05, 4.69) is 5.32 Å². The first-order valence-corrected chi connectivity index (χ1v) is 10.9. The van der Waals surface area contributed by atoms with Crippen LogP contribution < -0.4 is 10.1 Å². The van der Waals surface area contributed by atoms with Crippen molar-refractivity contribution >= 4 is 11.8 Å². The molecule has 1 atom stereocenters. The zero-order valence-electron chi connectivity index (χ0n) is 18.8. The highest BCUT2D eigenvalue weighted by molar-refractivity contribution is 5.87. The minimum Gasteiger partial charge on any atom is -0.497 e. The van der Waals surface area contributed by atoms with Crippen LogP contribution in [0.3, 0.4) is 0 Å². The average Bonchev–Trinajstić information content (AvgIpc) is 2.81. The number of nitrogens with one attached hydrogen (secondary N) is 1. The predicted octanol–water partition coefficient (Wildman–Crippen LogP) is 3.59. The molecule has 6 nitrogen and oxygen atoms in total. The summed E-state index contributed by atoms with van der Waals surface area (Å²) >= 11 is 0. The van der Waals surface area contributed by atoms with E-state index in [4.69, 9.17) is 9.47 Å². The highest BCUT2D eigenvalue weighted by atomic mass is 16.5. The summed E-state index contributed by atoms with van der Waals surface area (Å²) in [7, 11) is 1.62. The number of hydrogen-bond acceptors (Lipinski definition) is 4. The highest BCUT2D eigenvalue weighted by Crippen LogP contribution is 2.16. The van der Waals surface area contributed by atoms with Crippen molar-refractivity contribution in [3.8, 4) is 5.75 Å². The lowest BCUT2D eigenvalue weighted by atomic mass is 10.1. The Morgan fingerprint density at radius 2 is 1.74 bits per heavy atom. The molecule has 0 fully saturated rings. The van der Waals surface area contributed by atoms with E-state index in [9.17, 15) is 9.59 Å². The predicted molar refractivity (Wildman–Crippen MR) is 122 cm³/mol. The van der Waals surface area contributed by atoms with Crippen molar-refractivity contribution in [2.75, 3.05) is 26.9 Å². The summed E-state index contributed by atoms with van der Waals surface area (Å²) in [5.41, 5.74) is 2.05. The molecule has 2 rings (SSSR count). The third kappa shape index (κ3) is 8.42. The Kier molecular flexibility index (Phi) is 10.6. The maximum Gasteiger partial charge on any atom is 0.242 e. The van der Waals surface area contributed by atoms with Crippen molar-refractivity contribution in [1.82, 2.24) is 10.2 Å². The van der Waals surface area contributed by atoms with E-state index in [1.165, 1.54) is 0 Å². The molecular weight excluding hydrogens is 392 g/mol. The normalized spacial score (nSPS) is 11.6. The van der Waals surface area contributed by atoms with Gasteiger partial charge in [-0.3, -0.25) is 9.59 Å². The van der Waals surface area contributed by atoms with Crippen LogP contribution in [0.1, 0.15) is 37.8 Å². The van der Waals surface area contributed by atoms with Crippen LogP contribution in [0.2, 0.25) is 0 Å². The smallest absolute Gasteiger partial charge is 0.242 e. The third-order valence-electron chi connectivity index (χ3n) is 5.12. The Bertz CT molecular complexity index is 793. The van der Waals surface area contributed by atoms with E-state index in [-0.39, 0.29) is 11.8 Å². The first-order chi connectivity index (χ1) is 15.0. The van der Waals surface area contributed by atoms with Crippen molar-refractivity contribution < 1.29 is 19.1 Å². The Hall–Kier alpha value is -2.86. The number of amides is 2. The fourth-order valence-electron chi connectivity index (χ4n) is 3.23. The number of methoxy groups -OCH3 is 1. The van der Waals surface area contributed by atoms with E-state index in [0.717, 1.165) is 23.3 Å². The first-order valence-electron chi connectivity index (χ1n) is 10.9. The average molecular weight is 427 g/mol. The van der Waals surface area contributed by atoms with Crippen LogP contribution in [-0.4, -0.2) is 49.6 Å². The van der Waals surface area contributed by atoms with Crippen LogP contribution in [0, 0.1) is 0 Å². The molecule has 31 heavy (non-hydrogen) atoms. The Morgan fingerprint density at radius 3 is 2.39 bits per heavy atom. The maximum atomic E-state index is 13.1. The van der Waals surface area contributed by atoms with E-state index < -0.39 is 6.04 Å². The minimum atomic E-state index is -0.572. The van der Waals surface area contributed by atoms with E-state index in [0.29, 0.717) is 39.1 Å². The van der Waals surface area contributed by atoms with Gasteiger partial charge in [0, 0.05) is 32.7 Å². The van der Waals surface area contributed by atoms with Gasteiger partial charge in [0.05, 0.1) is 7.11 Å². The van der Waals surface area contributed by atoms with Gasteiger partial charge in [0.25, 0.3) is 0 Å². The quantitative estimate of drug-likeness (QED) is 0.497. The summed E-state index contributed by atoms with van der Waals surface area (Å²) in [4.78, 5) is 27.5. The zero-order valence-corrected chi connectivity index (χ0v) is 18.8. The number of hydrogen-bond donors (Lipinski definition) is 1. The lowest BCUT2D eigenvalue weighted by Gasteiger charge is -2.29. The molecule has 0 heterocycles. The molecule has 0 aliphatic carbocycles. The summed E-state index contributed by atoms with van der Waals surface area (Å²) in [5.74, 6) is 0.556. The largest absolute Gasteiger partial charge is 0.497 e. The van der Waals surface area contributed by atoms with Gasteiger partial charge in [-0.25, -0.2) is 0 Å². The Morgan fingerprint density at radius 1 is 1.03 bits per heavy atom. The summed E-state index contributed by atoms with van der Waals surface area (Å²) in [6.07, 6.45) is 1.73. The second-order valence-corrected chi connectivity index (χ2v) is 7.37. The van der Waals surface area contributed by atoms with Crippen molar-refractivity contribution in [1.29, 1.82) is 0 Å². The van der Waals surface area contributed by atoms with Crippen molar-refractivity contribution in [3.05, 3.63) is 65.7 Å². The Balaban J connectivity index is 2.03. The summed E-state index contributed by atoms with van der Waals surface area (Å²) < 4.78 is 10.5. The lowest BCUT2D eigenvalue weighted by Crippen LogP contribution is -2.48. The summed E-state index contributed by atoms with van der Waals surface area (Å²) in [5, 5.41) is 2.92.